The van der Waals surface area contributed by atoms with E-state index in [2.05, 4.69) is 16.0 Å². The summed E-state index contributed by atoms with van der Waals surface area (Å²) >= 11 is 1.14. The minimum absolute atomic E-state index is 0.0182. The number of carbonyl (C=O) groups excluding carboxylic acids is 1. The normalized spacial score (nSPS) is 17.8. The molecule has 1 saturated heterocycles. The Morgan fingerprint density at radius 2 is 2.26 bits per heavy atom. The fraction of sp³-hybridized carbons (Fsp3) is 0.438. The Morgan fingerprint density at radius 1 is 1.43 bits per heavy atom. The van der Waals surface area contributed by atoms with E-state index in [-0.39, 0.29) is 23.5 Å². The first-order valence-electron chi connectivity index (χ1n) is 7.60. The molecule has 1 atom stereocenters. The van der Waals surface area contributed by atoms with E-state index < -0.39 is 5.97 Å². The van der Waals surface area contributed by atoms with Gasteiger partial charge in [0.25, 0.3) is 0 Å². The van der Waals surface area contributed by atoms with Crippen LogP contribution in [0.2, 0.25) is 0 Å². The van der Waals surface area contributed by atoms with Crippen molar-refractivity contribution < 1.29 is 14.7 Å². The van der Waals surface area contributed by atoms with Crippen LogP contribution in [-0.2, 0) is 9.59 Å². The number of rotatable bonds is 5. The summed E-state index contributed by atoms with van der Waals surface area (Å²) in [6.45, 7) is 2.73. The van der Waals surface area contributed by atoms with Gasteiger partial charge in [0.05, 0.1) is 28.6 Å². The summed E-state index contributed by atoms with van der Waals surface area (Å²) < 4.78 is 0. The van der Waals surface area contributed by atoms with E-state index in [4.69, 9.17) is 5.11 Å². The molecule has 1 unspecified atom stereocenters. The molecule has 1 amide bonds. The van der Waals surface area contributed by atoms with E-state index in [1.165, 1.54) is 0 Å². The van der Waals surface area contributed by atoms with Crippen molar-refractivity contribution in [1.29, 1.82) is 0 Å². The SMILES string of the molecule is Cc1ccc2nc(C3CCCN3C(=O)CSCC(=O)O)[nH]c2c1. The van der Waals surface area contributed by atoms with E-state index in [9.17, 15) is 9.59 Å². The molecule has 0 spiro atoms. The average molecular weight is 333 g/mol. The lowest BCUT2D eigenvalue weighted by molar-refractivity contribution is -0.133. The zero-order valence-electron chi connectivity index (χ0n) is 12.9. The van der Waals surface area contributed by atoms with Crippen LogP contribution in [0, 0.1) is 6.92 Å². The van der Waals surface area contributed by atoms with Crippen LogP contribution in [0.15, 0.2) is 18.2 Å². The number of hydrogen-bond donors (Lipinski definition) is 2. The second-order valence-electron chi connectivity index (χ2n) is 5.77. The van der Waals surface area contributed by atoms with Crippen molar-refractivity contribution in [1.82, 2.24) is 14.9 Å². The van der Waals surface area contributed by atoms with Gasteiger partial charge in [0.1, 0.15) is 5.82 Å². The molecule has 0 aliphatic carbocycles. The molecule has 2 aromatic rings. The molecule has 1 aliphatic heterocycles. The number of aliphatic carboxylic acids is 1. The average Bonchev–Trinajstić information content (AvgIpc) is 3.12. The quantitative estimate of drug-likeness (QED) is 0.877. The van der Waals surface area contributed by atoms with Crippen LogP contribution < -0.4 is 0 Å². The molecule has 1 aromatic carbocycles. The second-order valence-corrected chi connectivity index (χ2v) is 6.76. The summed E-state index contributed by atoms with van der Waals surface area (Å²) in [5.74, 6) is 0.0551. The predicted molar refractivity (Wildman–Crippen MR) is 89.5 cm³/mol. The number of nitrogens with zero attached hydrogens (tertiary/aromatic N) is 2. The summed E-state index contributed by atoms with van der Waals surface area (Å²) in [4.78, 5) is 32.7. The summed E-state index contributed by atoms with van der Waals surface area (Å²) in [7, 11) is 0. The van der Waals surface area contributed by atoms with E-state index >= 15 is 0 Å². The third-order valence-electron chi connectivity index (χ3n) is 4.00. The summed E-state index contributed by atoms with van der Waals surface area (Å²) in [5.41, 5.74) is 3.06. The first-order valence-corrected chi connectivity index (χ1v) is 8.75. The predicted octanol–water partition coefficient (Wildman–Crippen LogP) is 2.35. The molecule has 0 bridgehead atoms. The first kappa shape index (κ1) is 15.9. The van der Waals surface area contributed by atoms with E-state index in [0.717, 1.165) is 47.0 Å². The van der Waals surface area contributed by atoms with E-state index in [1.807, 2.05) is 24.0 Å². The number of carboxylic acids is 1. The topological polar surface area (TPSA) is 86.3 Å². The molecule has 0 saturated carbocycles. The zero-order valence-corrected chi connectivity index (χ0v) is 13.7. The van der Waals surface area contributed by atoms with Gasteiger partial charge in [0, 0.05) is 6.54 Å². The lowest BCUT2D eigenvalue weighted by Crippen LogP contribution is -2.32. The molecule has 0 radical (unpaired) electrons. The number of imidazole rings is 1. The van der Waals surface area contributed by atoms with Gasteiger partial charge in [-0.05, 0) is 37.5 Å². The minimum atomic E-state index is -0.895. The molecule has 7 heteroatoms. The number of aromatic amines is 1. The number of H-pyrrole nitrogens is 1. The molecule has 6 nitrogen and oxygen atoms in total. The van der Waals surface area contributed by atoms with Gasteiger partial charge < -0.3 is 15.0 Å². The maximum Gasteiger partial charge on any atom is 0.313 e. The van der Waals surface area contributed by atoms with Crippen molar-refractivity contribution in [3.8, 4) is 0 Å². The van der Waals surface area contributed by atoms with Gasteiger partial charge in [-0.2, -0.15) is 0 Å². The number of hydrogen-bond acceptors (Lipinski definition) is 4. The number of carbonyl (C=O) groups is 2. The van der Waals surface area contributed by atoms with Gasteiger partial charge in [0.2, 0.25) is 5.91 Å². The molecule has 23 heavy (non-hydrogen) atoms. The fourth-order valence-corrected chi connectivity index (χ4v) is 3.58. The number of aryl methyl sites for hydroxylation is 1. The van der Waals surface area contributed by atoms with E-state index in [0.29, 0.717) is 6.54 Å². The third-order valence-corrected chi connectivity index (χ3v) is 4.90. The Kier molecular flexibility index (Phi) is 4.56. The van der Waals surface area contributed by atoms with Crippen molar-refractivity contribution in [3.05, 3.63) is 29.6 Å². The maximum atomic E-state index is 12.4. The van der Waals surface area contributed by atoms with Crippen molar-refractivity contribution >= 4 is 34.7 Å². The third kappa shape index (κ3) is 3.50. The van der Waals surface area contributed by atoms with Crippen LogP contribution in [0.4, 0.5) is 0 Å². The van der Waals surface area contributed by atoms with Crippen molar-refractivity contribution in [3.63, 3.8) is 0 Å². The van der Waals surface area contributed by atoms with Crippen LogP contribution in [-0.4, -0.2) is 49.9 Å². The van der Waals surface area contributed by atoms with Gasteiger partial charge >= 0.3 is 5.97 Å². The highest BCUT2D eigenvalue weighted by Crippen LogP contribution is 2.32. The van der Waals surface area contributed by atoms with Crippen LogP contribution in [0.5, 0.6) is 0 Å². The summed E-state index contributed by atoms with van der Waals surface area (Å²) in [5, 5.41) is 8.66. The number of carboxylic acid groups (broad SMARTS) is 1. The number of benzene rings is 1. The van der Waals surface area contributed by atoms with Crippen molar-refractivity contribution in [2.24, 2.45) is 0 Å². The van der Waals surface area contributed by atoms with Gasteiger partial charge in [-0.1, -0.05) is 6.07 Å². The maximum absolute atomic E-state index is 12.4. The van der Waals surface area contributed by atoms with Crippen LogP contribution in [0.1, 0.15) is 30.3 Å². The largest absolute Gasteiger partial charge is 0.481 e. The molecule has 122 valence electrons. The summed E-state index contributed by atoms with van der Waals surface area (Å²) in [6, 6.07) is 6.01. The first-order chi connectivity index (χ1) is 11.0. The molecule has 1 fully saturated rings. The highest BCUT2D eigenvalue weighted by molar-refractivity contribution is 8.00. The number of aromatic nitrogens is 2. The Bertz CT molecular complexity index is 743. The lowest BCUT2D eigenvalue weighted by Gasteiger charge is -2.22. The van der Waals surface area contributed by atoms with Gasteiger partial charge in [-0.25, -0.2) is 4.98 Å². The highest BCUT2D eigenvalue weighted by atomic mass is 32.2. The standard InChI is InChI=1S/C16H19N3O3S/c1-10-4-5-11-12(7-10)18-16(17-11)13-3-2-6-19(13)14(20)8-23-9-15(21)22/h4-5,7,13H,2-3,6,8-9H2,1H3,(H,17,18)(H,21,22). The van der Waals surface area contributed by atoms with Crippen LogP contribution >= 0.6 is 11.8 Å². The number of thioether (sulfide) groups is 1. The summed E-state index contributed by atoms with van der Waals surface area (Å²) in [6.07, 6.45) is 1.82. The zero-order chi connectivity index (χ0) is 16.4. The molecular weight excluding hydrogens is 314 g/mol. The number of amides is 1. The van der Waals surface area contributed by atoms with Crippen molar-refractivity contribution in [2.45, 2.75) is 25.8 Å². The fourth-order valence-electron chi connectivity index (χ4n) is 2.96. The van der Waals surface area contributed by atoms with Crippen LogP contribution in [0.3, 0.4) is 0 Å². The number of fused-ring (bicyclic) bond motifs is 1. The smallest absolute Gasteiger partial charge is 0.313 e. The Hall–Kier alpha value is -2.02. The van der Waals surface area contributed by atoms with Gasteiger partial charge in [-0.3, -0.25) is 9.59 Å². The van der Waals surface area contributed by atoms with E-state index in [1.54, 1.807) is 0 Å². The van der Waals surface area contributed by atoms with Gasteiger partial charge in [-0.15, -0.1) is 11.8 Å². The highest BCUT2D eigenvalue weighted by Gasteiger charge is 2.31. The molecule has 2 heterocycles. The second kappa shape index (κ2) is 6.62. The molecular formula is C16H19N3O3S. The molecule has 1 aliphatic rings. The lowest BCUT2D eigenvalue weighted by atomic mass is 10.2. The molecule has 2 N–H and O–H groups in total. The number of likely N-dealkylation sites (tertiary alicyclic amines) is 1. The van der Waals surface area contributed by atoms with Crippen LogP contribution in [0.25, 0.3) is 11.0 Å². The molecule has 1 aromatic heterocycles. The van der Waals surface area contributed by atoms with Crippen molar-refractivity contribution in [2.75, 3.05) is 18.1 Å². The minimum Gasteiger partial charge on any atom is -0.481 e. The Labute approximate surface area is 138 Å². The monoisotopic (exact) mass is 333 g/mol. The Morgan fingerprint density at radius 3 is 3.04 bits per heavy atom. The molecule has 3 rings (SSSR count). The Balaban J connectivity index is 1.74. The number of nitrogens with one attached hydrogen (secondary N) is 1. The van der Waals surface area contributed by atoms with Gasteiger partial charge in [0.15, 0.2) is 0 Å².